The molecule has 14 heavy (non-hydrogen) atoms. The highest BCUT2D eigenvalue weighted by atomic mass is 35.5. The number of halogens is 1. The molecule has 0 amide bonds. The lowest BCUT2D eigenvalue weighted by atomic mass is 10.1. The summed E-state index contributed by atoms with van der Waals surface area (Å²) in [7, 11) is 0. The van der Waals surface area contributed by atoms with Crippen LogP contribution in [0.4, 0.5) is 0 Å². The van der Waals surface area contributed by atoms with Crippen LogP contribution in [0.25, 0.3) is 0 Å². The van der Waals surface area contributed by atoms with E-state index in [0.29, 0.717) is 17.5 Å². The Hall–Kier alpha value is -0.730. The molecule has 0 aliphatic carbocycles. The van der Waals surface area contributed by atoms with Crippen LogP contribution in [0.15, 0.2) is 24.3 Å². The van der Waals surface area contributed by atoms with Crippen molar-refractivity contribution in [3.63, 3.8) is 0 Å². The van der Waals surface area contributed by atoms with Crippen molar-refractivity contribution in [2.45, 2.75) is 19.9 Å². The fourth-order valence-corrected chi connectivity index (χ4v) is 1.04. The lowest BCUT2D eigenvalue weighted by molar-refractivity contribution is 0.259. The summed E-state index contributed by atoms with van der Waals surface area (Å²) in [6, 6.07) is 7.37. The Morgan fingerprint density at radius 2 is 1.86 bits per heavy atom. The molecule has 2 N–H and O–H groups in total. The Balaban J connectivity index is 2.42. The first kappa shape index (κ1) is 11.3. The standard InChI is InChI=1S/C11H16ClNO/c1-8(2)11(13)7-14-10-5-3-9(12)4-6-10/h3-6,8,11H,7,13H2,1-2H3/t11-/m1/s1. The van der Waals surface area contributed by atoms with Gasteiger partial charge in [-0.3, -0.25) is 0 Å². The Bertz CT molecular complexity index is 271. The van der Waals surface area contributed by atoms with E-state index in [1.807, 2.05) is 12.1 Å². The molecule has 1 aromatic carbocycles. The maximum Gasteiger partial charge on any atom is 0.119 e. The van der Waals surface area contributed by atoms with Crippen molar-refractivity contribution in [2.75, 3.05) is 6.61 Å². The molecule has 0 heterocycles. The van der Waals surface area contributed by atoms with Crippen molar-refractivity contribution >= 4 is 11.6 Å². The smallest absolute Gasteiger partial charge is 0.119 e. The average Bonchev–Trinajstić information content (AvgIpc) is 2.16. The number of hydrogen-bond acceptors (Lipinski definition) is 2. The molecule has 2 nitrogen and oxygen atoms in total. The van der Waals surface area contributed by atoms with Gasteiger partial charge in [-0.05, 0) is 30.2 Å². The van der Waals surface area contributed by atoms with Crippen molar-refractivity contribution in [1.82, 2.24) is 0 Å². The van der Waals surface area contributed by atoms with E-state index >= 15 is 0 Å². The van der Waals surface area contributed by atoms with Gasteiger partial charge in [0, 0.05) is 11.1 Å². The van der Waals surface area contributed by atoms with Crippen molar-refractivity contribution in [2.24, 2.45) is 11.7 Å². The summed E-state index contributed by atoms with van der Waals surface area (Å²) in [5.41, 5.74) is 5.84. The van der Waals surface area contributed by atoms with E-state index in [1.165, 1.54) is 0 Å². The van der Waals surface area contributed by atoms with Gasteiger partial charge < -0.3 is 10.5 Å². The third-order valence-electron chi connectivity index (χ3n) is 2.11. The molecule has 0 aliphatic rings. The molecule has 3 heteroatoms. The summed E-state index contributed by atoms with van der Waals surface area (Å²) in [4.78, 5) is 0. The summed E-state index contributed by atoms with van der Waals surface area (Å²) >= 11 is 5.74. The van der Waals surface area contributed by atoms with E-state index in [1.54, 1.807) is 12.1 Å². The van der Waals surface area contributed by atoms with E-state index in [9.17, 15) is 0 Å². The maximum absolute atomic E-state index is 5.84. The van der Waals surface area contributed by atoms with E-state index in [-0.39, 0.29) is 6.04 Å². The number of ether oxygens (including phenoxy) is 1. The molecule has 78 valence electrons. The third kappa shape index (κ3) is 3.56. The van der Waals surface area contributed by atoms with E-state index in [0.717, 1.165) is 5.75 Å². The summed E-state index contributed by atoms with van der Waals surface area (Å²) < 4.78 is 5.50. The second kappa shape index (κ2) is 5.23. The molecule has 0 spiro atoms. The van der Waals surface area contributed by atoms with Crippen LogP contribution in [0.5, 0.6) is 5.75 Å². The van der Waals surface area contributed by atoms with Crippen molar-refractivity contribution in [1.29, 1.82) is 0 Å². The minimum absolute atomic E-state index is 0.0747. The topological polar surface area (TPSA) is 35.2 Å². The highest BCUT2D eigenvalue weighted by Gasteiger charge is 2.07. The molecule has 0 radical (unpaired) electrons. The van der Waals surface area contributed by atoms with E-state index in [4.69, 9.17) is 22.1 Å². The molecular formula is C11H16ClNO. The summed E-state index contributed by atoms with van der Waals surface area (Å²) in [6.45, 7) is 4.70. The zero-order valence-corrected chi connectivity index (χ0v) is 9.29. The molecule has 0 saturated carbocycles. The SMILES string of the molecule is CC(C)[C@H](N)COc1ccc(Cl)cc1. The highest BCUT2D eigenvalue weighted by Crippen LogP contribution is 2.15. The fourth-order valence-electron chi connectivity index (χ4n) is 0.916. The van der Waals surface area contributed by atoms with Gasteiger partial charge in [-0.15, -0.1) is 0 Å². The minimum Gasteiger partial charge on any atom is -0.492 e. The lowest BCUT2D eigenvalue weighted by Gasteiger charge is -2.16. The van der Waals surface area contributed by atoms with Gasteiger partial charge in [0.25, 0.3) is 0 Å². The number of benzene rings is 1. The molecule has 0 bridgehead atoms. The van der Waals surface area contributed by atoms with Crippen LogP contribution >= 0.6 is 11.6 Å². The van der Waals surface area contributed by atoms with Gasteiger partial charge in [-0.1, -0.05) is 25.4 Å². The first-order valence-electron chi connectivity index (χ1n) is 4.73. The molecule has 0 aromatic heterocycles. The van der Waals surface area contributed by atoms with Gasteiger partial charge in [0.2, 0.25) is 0 Å². The first-order valence-corrected chi connectivity index (χ1v) is 5.11. The number of nitrogens with two attached hydrogens (primary N) is 1. The van der Waals surface area contributed by atoms with Gasteiger partial charge in [-0.2, -0.15) is 0 Å². The molecule has 0 fully saturated rings. The van der Waals surface area contributed by atoms with Gasteiger partial charge in [0.15, 0.2) is 0 Å². The molecule has 1 atom stereocenters. The minimum atomic E-state index is 0.0747. The Kier molecular flexibility index (Phi) is 4.23. The van der Waals surface area contributed by atoms with Crippen LogP contribution in [-0.2, 0) is 0 Å². The number of hydrogen-bond donors (Lipinski definition) is 1. The predicted molar refractivity (Wildman–Crippen MR) is 59.8 cm³/mol. The summed E-state index contributed by atoms with van der Waals surface area (Å²) in [5, 5.41) is 0.713. The summed E-state index contributed by atoms with van der Waals surface area (Å²) in [6.07, 6.45) is 0. The second-order valence-corrected chi connectivity index (χ2v) is 4.11. The Morgan fingerprint density at radius 3 is 2.36 bits per heavy atom. The normalized spacial score (nSPS) is 12.9. The molecule has 1 rings (SSSR count). The van der Waals surface area contributed by atoms with Crippen LogP contribution in [0.3, 0.4) is 0 Å². The first-order chi connectivity index (χ1) is 6.59. The Morgan fingerprint density at radius 1 is 1.29 bits per heavy atom. The van der Waals surface area contributed by atoms with Gasteiger partial charge in [-0.25, -0.2) is 0 Å². The van der Waals surface area contributed by atoms with E-state index in [2.05, 4.69) is 13.8 Å². The second-order valence-electron chi connectivity index (χ2n) is 3.67. The van der Waals surface area contributed by atoms with Crippen LogP contribution < -0.4 is 10.5 Å². The largest absolute Gasteiger partial charge is 0.492 e. The monoisotopic (exact) mass is 213 g/mol. The van der Waals surface area contributed by atoms with Gasteiger partial charge >= 0.3 is 0 Å². The zero-order chi connectivity index (χ0) is 10.6. The van der Waals surface area contributed by atoms with E-state index < -0.39 is 0 Å². The average molecular weight is 214 g/mol. The molecule has 0 unspecified atom stereocenters. The highest BCUT2D eigenvalue weighted by molar-refractivity contribution is 6.30. The van der Waals surface area contributed by atoms with Crippen molar-refractivity contribution in [3.8, 4) is 5.75 Å². The summed E-state index contributed by atoms with van der Waals surface area (Å²) in [5.74, 6) is 1.24. The quantitative estimate of drug-likeness (QED) is 0.835. The van der Waals surface area contributed by atoms with Crippen LogP contribution in [0.2, 0.25) is 5.02 Å². The van der Waals surface area contributed by atoms with Crippen molar-refractivity contribution in [3.05, 3.63) is 29.3 Å². The molecule has 0 saturated heterocycles. The van der Waals surface area contributed by atoms with Crippen LogP contribution in [0.1, 0.15) is 13.8 Å². The van der Waals surface area contributed by atoms with Crippen LogP contribution in [0, 0.1) is 5.92 Å². The maximum atomic E-state index is 5.84. The van der Waals surface area contributed by atoms with Crippen LogP contribution in [-0.4, -0.2) is 12.6 Å². The zero-order valence-electron chi connectivity index (χ0n) is 8.53. The van der Waals surface area contributed by atoms with Crippen molar-refractivity contribution < 1.29 is 4.74 Å². The predicted octanol–water partition coefficient (Wildman–Crippen LogP) is 2.70. The van der Waals surface area contributed by atoms with Gasteiger partial charge in [0.05, 0.1) is 0 Å². The lowest BCUT2D eigenvalue weighted by Crippen LogP contribution is -2.32. The molecular weight excluding hydrogens is 198 g/mol. The molecule has 0 aliphatic heterocycles. The fraction of sp³-hybridized carbons (Fsp3) is 0.455. The third-order valence-corrected chi connectivity index (χ3v) is 2.36. The van der Waals surface area contributed by atoms with Gasteiger partial charge in [0.1, 0.15) is 12.4 Å². The Labute approximate surface area is 90.0 Å². The number of rotatable bonds is 4. The molecule has 1 aromatic rings.